The molecule has 23 heavy (non-hydrogen) atoms. The number of carbonyl (C=O) groups excluding carboxylic acids is 1. The zero-order valence-electron chi connectivity index (χ0n) is 14.5. The summed E-state index contributed by atoms with van der Waals surface area (Å²) in [6.45, 7) is 9.92. The van der Waals surface area contributed by atoms with Crippen molar-refractivity contribution in [1.82, 2.24) is 10.6 Å². The number of rotatable bonds is 6. The molecule has 0 heterocycles. The minimum absolute atomic E-state index is 0.0395. The van der Waals surface area contributed by atoms with Crippen LogP contribution in [0.3, 0.4) is 0 Å². The molecule has 1 aromatic rings. The number of amides is 1. The number of phenols is 2. The van der Waals surface area contributed by atoms with Crippen molar-refractivity contribution in [3.8, 4) is 11.5 Å². The summed E-state index contributed by atoms with van der Waals surface area (Å²) in [6, 6.07) is 4.29. The fraction of sp³-hybridized carbons (Fsp3) is 0.588. The molecule has 130 valence electrons. The zero-order valence-corrected chi connectivity index (χ0v) is 14.5. The van der Waals surface area contributed by atoms with Gasteiger partial charge in [-0.2, -0.15) is 0 Å². The maximum absolute atomic E-state index is 11.7. The van der Waals surface area contributed by atoms with Gasteiger partial charge in [-0.05, 0) is 65.8 Å². The Bertz CT molecular complexity index is 526. The quantitative estimate of drug-likeness (QED) is 0.604. The van der Waals surface area contributed by atoms with Crippen LogP contribution in [0.5, 0.6) is 11.5 Å². The van der Waals surface area contributed by atoms with Crippen molar-refractivity contribution in [2.75, 3.05) is 6.54 Å². The Morgan fingerprint density at radius 1 is 1.26 bits per heavy atom. The summed E-state index contributed by atoms with van der Waals surface area (Å²) >= 11 is 0. The van der Waals surface area contributed by atoms with E-state index < -0.39 is 11.7 Å². The van der Waals surface area contributed by atoms with Gasteiger partial charge >= 0.3 is 6.09 Å². The smallest absolute Gasteiger partial charge is 0.407 e. The van der Waals surface area contributed by atoms with Gasteiger partial charge in [-0.25, -0.2) is 4.79 Å². The Balaban J connectivity index is 2.38. The Morgan fingerprint density at radius 2 is 1.91 bits per heavy atom. The first-order valence-electron chi connectivity index (χ1n) is 7.83. The van der Waals surface area contributed by atoms with Crippen LogP contribution in [0.2, 0.25) is 0 Å². The molecule has 6 nitrogen and oxygen atoms in total. The lowest BCUT2D eigenvalue weighted by atomic mass is 10.1. The van der Waals surface area contributed by atoms with E-state index in [-0.39, 0.29) is 23.6 Å². The summed E-state index contributed by atoms with van der Waals surface area (Å²) in [5.74, 6) is 0.258. The minimum atomic E-state index is -0.511. The summed E-state index contributed by atoms with van der Waals surface area (Å²) in [7, 11) is 0. The average Bonchev–Trinajstić information content (AvgIpc) is 2.38. The van der Waals surface area contributed by atoms with Gasteiger partial charge in [0, 0.05) is 17.6 Å². The van der Waals surface area contributed by atoms with Gasteiger partial charge in [0.1, 0.15) is 17.1 Å². The van der Waals surface area contributed by atoms with Crippen molar-refractivity contribution >= 4 is 6.09 Å². The SMILES string of the molecule is CC(CCNC(C)c1cc(O)ccc1O)NC(=O)OC(C)(C)C. The molecule has 0 aromatic heterocycles. The van der Waals surface area contributed by atoms with Gasteiger partial charge in [-0.1, -0.05) is 0 Å². The number of phenolic OH excluding ortho intramolecular Hbond substituents is 2. The van der Waals surface area contributed by atoms with E-state index in [4.69, 9.17) is 4.74 Å². The number of carbonyl (C=O) groups is 1. The van der Waals surface area contributed by atoms with Crippen molar-refractivity contribution < 1.29 is 19.7 Å². The lowest BCUT2D eigenvalue weighted by molar-refractivity contribution is 0.0506. The van der Waals surface area contributed by atoms with Gasteiger partial charge < -0.3 is 25.6 Å². The highest BCUT2D eigenvalue weighted by atomic mass is 16.6. The normalized spacial score (nSPS) is 14.1. The van der Waals surface area contributed by atoms with Crippen molar-refractivity contribution in [2.45, 2.75) is 58.7 Å². The molecule has 1 amide bonds. The standard InChI is InChI=1S/C17H28N2O4/c1-11(19-16(22)23-17(3,4)5)8-9-18-12(2)14-10-13(20)6-7-15(14)21/h6-7,10-12,18,20-21H,8-9H2,1-5H3,(H,19,22). The molecule has 0 radical (unpaired) electrons. The first-order valence-corrected chi connectivity index (χ1v) is 7.83. The van der Waals surface area contributed by atoms with Crippen LogP contribution in [-0.4, -0.2) is 34.5 Å². The Labute approximate surface area is 137 Å². The topological polar surface area (TPSA) is 90.8 Å². The molecule has 2 unspecified atom stereocenters. The Morgan fingerprint density at radius 3 is 2.52 bits per heavy atom. The maximum atomic E-state index is 11.7. The van der Waals surface area contributed by atoms with Gasteiger partial charge in [0.05, 0.1) is 0 Å². The third-order valence-electron chi connectivity index (χ3n) is 3.27. The van der Waals surface area contributed by atoms with Gasteiger partial charge in [0.2, 0.25) is 0 Å². The van der Waals surface area contributed by atoms with Crippen molar-refractivity contribution in [2.24, 2.45) is 0 Å². The maximum Gasteiger partial charge on any atom is 0.407 e. The van der Waals surface area contributed by atoms with E-state index in [0.717, 1.165) is 0 Å². The van der Waals surface area contributed by atoms with Crippen LogP contribution >= 0.6 is 0 Å². The Hall–Kier alpha value is -1.95. The van der Waals surface area contributed by atoms with Crippen molar-refractivity contribution in [1.29, 1.82) is 0 Å². The molecule has 0 saturated carbocycles. The zero-order chi connectivity index (χ0) is 17.6. The fourth-order valence-electron chi connectivity index (χ4n) is 2.10. The average molecular weight is 324 g/mol. The first kappa shape index (κ1) is 19.1. The molecule has 0 spiro atoms. The van der Waals surface area contributed by atoms with Crippen LogP contribution in [0, 0.1) is 0 Å². The number of benzene rings is 1. The van der Waals surface area contributed by atoms with E-state index in [1.807, 2.05) is 34.6 Å². The third kappa shape index (κ3) is 7.23. The van der Waals surface area contributed by atoms with Crippen molar-refractivity contribution in [3.63, 3.8) is 0 Å². The van der Waals surface area contributed by atoms with E-state index in [2.05, 4.69) is 10.6 Å². The molecule has 1 rings (SSSR count). The fourth-order valence-corrected chi connectivity index (χ4v) is 2.10. The largest absolute Gasteiger partial charge is 0.508 e. The van der Waals surface area contributed by atoms with Crippen LogP contribution in [-0.2, 0) is 4.74 Å². The van der Waals surface area contributed by atoms with Crippen LogP contribution in [0.15, 0.2) is 18.2 Å². The molecule has 2 atom stereocenters. The van der Waals surface area contributed by atoms with E-state index in [9.17, 15) is 15.0 Å². The monoisotopic (exact) mass is 324 g/mol. The second-order valence-electron chi connectivity index (χ2n) is 6.75. The summed E-state index contributed by atoms with van der Waals surface area (Å²) in [6.07, 6.45) is 0.284. The van der Waals surface area contributed by atoms with Crippen molar-refractivity contribution in [3.05, 3.63) is 23.8 Å². The molecule has 6 heteroatoms. The number of hydrogen-bond acceptors (Lipinski definition) is 5. The highest BCUT2D eigenvalue weighted by Gasteiger charge is 2.18. The number of ether oxygens (including phenoxy) is 1. The summed E-state index contributed by atoms with van der Waals surface area (Å²) in [5, 5.41) is 25.3. The van der Waals surface area contributed by atoms with Crippen LogP contribution in [0.4, 0.5) is 4.79 Å². The molecule has 0 fully saturated rings. The Kier molecular flexibility index (Phi) is 6.69. The lowest BCUT2D eigenvalue weighted by Gasteiger charge is -2.22. The molecule has 0 saturated heterocycles. The van der Waals surface area contributed by atoms with E-state index in [1.165, 1.54) is 18.2 Å². The lowest BCUT2D eigenvalue weighted by Crippen LogP contribution is -2.39. The number of nitrogens with one attached hydrogen (secondary N) is 2. The van der Waals surface area contributed by atoms with Crippen LogP contribution < -0.4 is 10.6 Å². The number of aromatic hydroxyl groups is 2. The highest BCUT2D eigenvalue weighted by Crippen LogP contribution is 2.27. The second kappa shape index (κ2) is 8.06. The van der Waals surface area contributed by atoms with Gasteiger partial charge in [0.25, 0.3) is 0 Å². The van der Waals surface area contributed by atoms with Crippen LogP contribution in [0.25, 0.3) is 0 Å². The summed E-state index contributed by atoms with van der Waals surface area (Å²) in [4.78, 5) is 11.7. The van der Waals surface area contributed by atoms with Gasteiger partial charge in [-0.3, -0.25) is 0 Å². The van der Waals surface area contributed by atoms with E-state index in [0.29, 0.717) is 18.5 Å². The third-order valence-corrected chi connectivity index (χ3v) is 3.27. The van der Waals surface area contributed by atoms with E-state index in [1.54, 1.807) is 0 Å². The molecular formula is C17H28N2O4. The molecule has 0 bridgehead atoms. The first-order chi connectivity index (χ1) is 10.6. The predicted octanol–water partition coefficient (Wildman–Crippen LogP) is 3.05. The molecular weight excluding hydrogens is 296 g/mol. The number of alkyl carbamates (subject to hydrolysis) is 1. The highest BCUT2D eigenvalue weighted by molar-refractivity contribution is 5.68. The minimum Gasteiger partial charge on any atom is -0.508 e. The van der Waals surface area contributed by atoms with E-state index >= 15 is 0 Å². The summed E-state index contributed by atoms with van der Waals surface area (Å²) < 4.78 is 5.20. The molecule has 4 N–H and O–H groups in total. The molecule has 0 aliphatic rings. The van der Waals surface area contributed by atoms with Gasteiger partial charge in [0.15, 0.2) is 0 Å². The van der Waals surface area contributed by atoms with Crippen LogP contribution in [0.1, 0.15) is 52.6 Å². The second-order valence-corrected chi connectivity index (χ2v) is 6.75. The molecule has 0 aliphatic carbocycles. The molecule has 0 aliphatic heterocycles. The summed E-state index contributed by atoms with van der Waals surface area (Å²) in [5.41, 5.74) is 0.126. The number of hydrogen-bond donors (Lipinski definition) is 4. The molecule has 1 aromatic carbocycles. The predicted molar refractivity (Wildman–Crippen MR) is 89.6 cm³/mol. The van der Waals surface area contributed by atoms with Gasteiger partial charge in [-0.15, -0.1) is 0 Å².